The average molecular weight is 509 g/mol. The number of likely N-dealkylation sites (N-methyl/N-ethyl adjacent to an activating group) is 1. The predicted molar refractivity (Wildman–Crippen MR) is 140 cm³/mol. The van der Waals surface area contributed by atoms with Crippen LogP contribution in [-0.4, -0.2) is 71.8 Å². The Hall–Kier alpha value is -3.36. The van der Waals surface area contributed by atoms with E-state index in [-0.39, 0.29) is 31.1 Å². The van der Waals surface area contributed by atoms with Crippen molar-refractivity contribution in [3.05, 3.63) is 65.9 Å². The first-order valence-electron chi connectivity index (χ1n) is 12.6. The van der Waals surface area contributed by atoms with E-state index >= 15 is 0 Å². The maximum atomic E-state index is 13.5. The normalized spacial score (nSPS) is 17.1. The molecule has 1 fully saturated rings. The van der Waals surface area contributed by atoms with Crippen LogP contribution in [0.4, 0.5) is 0 Å². The molecule has 1 saturated heterocycles. The maximum Gasteiger partial charge on any atom is 0.344 e. The number of ether oxygens (including phenoxy) is 2. The van der Waals surface area contributed by atoms with Crippen LogP contribution in [0.15, 0.2) is 59.2 Å². The van der Waals surface area contributed by atoms with Crippen LogP contribution in [0.3, 0.4) is 0 Å². The van der Waals surface area contributed by atoms with Crippen LogP contribution in [-0.2, 0) is 20.7 Å². The van der Waals surface area contributed by atoms with Gasteiger partial charge in [-0.3, -0.25) is 9.69 Å². The lowest BCUT2D eigenvalue weighted by Crippen LogP contribution is -2.39. The number of likely N-dealkylation sites (tertiary alicyclic amines) is 1. The fourth-order valence-corrected chi connectivity index (χ4v) is 4.63. The summed E-state index contributed by atoms with van der Waals surface area (Å²) in [6.07, 6.45) is 2.21. The number of rotatable bonds is 9. The van der Waals surface area contributed by atoms with Crippen molar-refractivity contribution in [2.75, 3.05) is 33.3 Å². The number of hydrogen-bond donors (Lipinski definition) is 1. The number of carbonyl (C=O) groups excluding carboxylic acids is 2. The highest BCUT2D eigenvalue weighted by Crippen LogP contribution is 2.28. The molecule has 0 bridgehead atoms. The summed E-state index contributed by atoms with van der Waals surface area (Å²) < 4.78 is 16.7. The maximum absolute atomic E-state index is 13.5. The number of aliphatic hydroxyl groups is 1. The van der Waals surface area contributed by atoms with Crippen LogP contribution < -0.4 is 4.74 Å². The van der Waals surface area contributed by atoms with Gasteiger partial charge >= 0.3 is 5.97 Å². The molecule has 2 aromatic carbocycles. The number of hydrogen-bond acceptors (Lipinski definition) is 7. The van der Waals surface area contributed by atoms with Gasteiger partial charge in [0, 0.05) is 37.6 Å². The molecule has 0 spiro atoms. The number of fused-ring (bicyclic) bond motifs is 1. The monoisotopic (exact) mass is 508 g/mol. The second kappa shape index (κ2) is 11.4. The van der Waals surface area contributed by atoms with Crippen LogP contribution in [0, 0.1) is 0 Å². The molecular formula is C29H36N2O6. The molecule has 3 aromatic rings. The van der Waals surface area contributed by atoms with E-state index in [1.165, 1.54) is 0 Å². The lowest BCUT2D eigenvalue weighted by molar-refractivity contribution is -0.157. The van der Waals surface area contributed by atoms with Gasteiger partial charge in [-0.1, -0.05) is 30.3 Å². The van der Waals surface area contributed by atoms with Gasteiger partial charge in [-0.2, -0.15) is 0 Å². The number of furan rings is 1. The highest BCUT2D eigenvalue weighted by Gasteiger charge is 2.29. The van der Waals surface area contributed by atoms with Crippen LogP contribution in [0.5, 0.6) is 5.75 Å². The molecule has 8 nitrogen and oxygen atoms in total. The number of amides is 1. The standard InChI is InChI=1S/C29H36N2O6/c1-29(2,3)37-28(34)19-35-23-9-7-8-20(14-23)25(17-31-13-12-22(32)16-31)30(4)27(33)15-21-18-36-26-11-6-5-10-24(21)26/h5-11,14,18,22,25,32H,12-13,15-17,19H2,1-4H3/t22-,25+/m0/s1. The Labute approximate surface area is 217 Å². The first-order valence-corrected chi connectivity index (χ1v) is 12.6. The van der Waals surface area contributed by atoms with E-state index in [2.05, 4.69) is 4.90 Å². The summed E-state index contributed by atoms with van der Waals surface area (Å²) in [5.41, 5.74) is 1.90. The largest absolute Gasteiger partial charge is 0.482 e. The zero-order chi connectivity index (χ0) is 26.6. The van der Waals surface area contributed by atoms with Crippen molar-refractivity contribution in [2.45, 2.75) is 51.4 Å². The molecular weight excluding hydrogens is 472 g/mol. The van der Waals surface area contributed by atoms with Crippen molar-refractivity contribution in [2.24, 2.45) is 0 Å². The zero-order valence-corrected chi connectivity index (χ0v) is 22.0. The second-order valence-electron chi connectivity index (χ2n) is 10.6. The number of carbonyl (C=O) groups is 2. The Morgan fingerprint density at radius 3 is 2.70 bits per heavy atom. The molecule has 0 aliphatic carbocycles. The number of aliphatic hydroxyl groups excluding tert-OH is 1. The minimum atomic E-state index is -0.586. The zero-order valence-electron chi connectivity index (χ0n) is 22.0. The molecule has 1 amide bonds. The fraction of sp³-hybridized carbons (Fsp3) is 0.448. The molecule has 2 atom stereocenters. The summed E-state index contributed by atoms with van der Waals surface area (Å²) in [6.45, 7) is 7.13. The lowest BCUT2D eigenvalue weighted by atomic mass is 10.0. The van der Waals surface area contributed by atoms with E-state index in [4.69, 9.17) is 13.9 Å². The quantitative estimate of drug-likeness (QED) is 0.438. The number of nitrogens with zero attached hydrogens (tertiary/aromatic N) is 2. The molecule has 4 rings (SSSR count). The van der Waals surface area contributed by atoms with E-state index in [0.29, 0.717) is 25.3 Å². The molecule has 0 radical (unpaired) electrons. The van der Waals surface area contributed by atoms with E-state index in [0.717, 1.165) is 28.6 Å². The lowest BCUT2D eigenvalue weighted by Gasteiger charge is -2.32. The number of para-hydroxylation sites is 1. The third-order valence-corrected chi connectivity index (χ3v) is 6.46. The summed E-state index contributed by atoms with van der Waals surface area (Å²) in [5.74, 6) is 0.0352. The smallest absolute Gasteiger partial charge is 0.344 e. The van der Waals surface area contributed by atoms with Gasteiger partial charge in [-0.25, -0.2) is 4.79 Å². The van der Waals surface area contributed by atoms with Crippen molar-refractivity contribution in [3.63, 3.8) is 0 Å². The molecule has 0 unspecified atom stereocenters. The van der Waals surface area contributed by atoms with Gasteiger partial charge in [0.05, 0.1) is 24.8 Å². The molecule has 8 heteroatoms. The van der Waals surface area contributed by atoms with Crippen LogP contribution >= 0.6 is 0 Å². The summed E-state index contributed by atoms with van der Waals surface area (Å²) in [4.78, 5) is 29.5. The van der Waals surface area contributed by atoms with Crippen molar-refractivity contribution in [3.8, 4) is 5.75 Å². The molecule has 0 saturated carbocycles. The summed E-state index contributed by atoms with van der Waals surface area (Å²) in [7, 11) is 1.80. The number of esters is 1. The summed E-state index contributed by atoms with van der Waals surface area (Å²) in [5, 5.41) is 11.0. The van der Waals surface area contributed by atoms with Crippen LogP contribution in [0.1, 0.15) is 44.4 Å². The number of β-amino-alcohol motifs (C(OH)–C–C–N with tert-alkyl or cyclic N) is 1. The topological polar surface area (TPSA) is 92.5 Å². The third kappa shape index (κ3) is 7.11. The van der Waals surface area contributed by atoms with E-state index < -0.39 is 11.6 Å². The van der Waals surface area contributed by atoms with Gasteiger partial charge in [0.2, 0.25) is 5.91 Å². The Balaban J connectivity index is 1.51. The minimum Gasteiger partial charge on any atom is -0.482 e. The Morgan fingerprint density at radius 1 is 1.19 bits per heavy atom. The van der Waals surface area contributed by atoms with E-state index in [1.807, 2.05) is 63.2 Å². The predicted octanol–water partition coefficient (Wildman–Crippen LogP) is 3.96. The Morgan fingerprint density at radius 2 is 1.97 bits per heavy atom. The highest BCUT2D eigenvalue weighted by molar-refractivity contribution is 5.87. The van der Waals surface area contributed by atoms with Crippen molar-refractivity contribution < 1.29 is 28.6 Å². The van der Waals surface area contributed by atoms with Crippen LogP contribution in [0.2, 0.25) is 0 Å². The van der Waals surface area contributed by atoms with Gasteiger partial charge in [-0.15, -0.1) is 0 Å². The Bertz CT molecular complexity index is 1230. The summed E-state index contributed by atoms with van der Waals surface area (Å²) in [6, 6.07) is 14.8. The molecule has 1 aliphatic rings. The molecule has 2 heterocycles. The minimum absolute atomic E-state index is 0.0450. The Kier molecular flexibility index (Phi) is 8.19. The first kappa shape index (κ1) is 26.7. The molecule has 37 heavy (non-hydrogen) atoms. The molecule has 1 N–H and O–H groups in total. The molecule has 1 aromatic heterocycles. The van der Waals surface area contributed by atoms with Gasteiger partial charge in [-0.05, 0) is 51.0 Å². The highest BCUT2D eigenvalue weighted by atomic mass is 16.6. The molecule has 1 aliphatic heterocycles. The van der Waals surface area contributed by atoms with Gasteiger partial charge in [0.25, 0.3) is 0 Å². The van der Waals surface area contributed by atoms with E-state index in [1.54, 1.807) is 24.3 Å². The average Bonchev–Trinajstić information content (AvgIpc) is 3.45. The SMILES string of the molecule is CN(C(=O)Cc1coc2ccccc12)[C@H](CN1CC[C@H](O)C1)c1cccc(OCC(=O)OC(C)(C)C)c1. The van der Waals surface area contributed by atoms with Crippen molar-refractivity contribution in [1.29, 1.82) is 0 Å². The number of benzene rings is 2. The third-order valence-electron chi connectivity index (χ3n) is 6.46. The molecule has 198 valence electrons. The first-order chi connectivity index (χ1) is 17.6. The van der Waals surface area contributed by atoms with Crippen LogP contribution in [0.25, 0.3) is 11.0 Å². The van der Waals surface area contributed by atoms with Gasteiger partial charge in [0.1, 0.15) is 16.9 Å². The van der Waals surface area contributed by atoms with E-state index in [9.17, 15) is 14.7 Å². The fourth-order valence-electron chi connectivity index (χ4n) is 4.63. The second-order valence-corrected chi connectivity index (χ2v) is 10.6. The van der Waals surface area contributed by atoms with Gasteiger partial charge < -0.3 is 23.9 Å². The van der Waals surface area contributed by atoms with Gasteiger partial charge in [0.15, 0.2) is 6.61 Å². The van der Waals surface area contributed by atoms with Crippen molar-refractivity contribution >= 4 is 22.8 Å². The summed E-state index contributed by atoms with van der Waals surface area (Å²) >= 11 is 0. The van der Waals surface area contributed by atoms with Crippen molar-refractivity contribution in [1.82, 2.24) is 9.80 Å².